The molecule has 0 spiro atoms. The van der Waals surface area contributed by atoms with E-state index in [9.17, 15) is 14.7 Å². The summed E-state index contributed by atoms with van der Waals surface area (Å²) in [6.45, 7) is 2.35. The summed E-state index contributed by atoms with van der Waals surface area (Å²) >= 11 is 0. The number of nitrogens with zero attached hydrogens (tertiary/aromatic N) is 2. The van der Waals surface area contributed by atoms with Crippen LogP contribution >= 0.6 is 0 Å². The lowest BCUT2D eigenvalue weighted by Crippen LogP contribution is -2.28. The lowest BCUT2D eigenvalue weighted by Gasteiger charge is -2.16. The summed E-state index contributed by atoms with van der Waals surface area (Å²) in [4.78, 5) is 30.2. The van der Waals surface area contributed by atoms with Crippen LogP contribution in [0.5, 0.6) is 0 Å². The van der Waals surface area contributed by atoms with Gasteiger partial charge < -0.3 is 10.4 Å². The summed E-state index contributed by atoms with van der Waals surface area (Å²) in [5, 5.41) is 12.7. The molecule has 1 aromatic heterocycles. The van der Waals surface area contributed by atoms with Crippen LogP contribution in [0.25, 0.3) is 10.9 Å². The normalized spacial score (nSPS) is 15.8. The second kappa shape index (κ2) is 6.96. The van der Waals surface area contributed by atoms with Crippen molar-refractivity contribution in [3.63, 3.8) is 0 Å². The molecule has 3 aromatic rings. The third kappa shape index (κ3) is 3.13. The van der Waals surface area contributed by atoms with Gasteiger partial charge in [0.2, 0.25) is 5.91 Å². The van der Waals surface area contributed by atoms with E-state index in [1.54, 1.807) is 10.6 Å². The number of hydrogen-bond acceptors (Lipinski definition) is 4. The highest BCUT2D eigenvalue weighted by atomic mass is 16.3. The number of amides is 1. The van der Waals surface area contributed by atoms with Crippen molar-refractivity contribution in [3.8, 4) is 0 Å². The van der Waals surface area contributed by atoms with E-state index in [2.05, 4.69) is 10.3 Å². The number of anilines is 1. The average Bonchev–Trinajstić information content (AvgIpc) is 2.96. The van der Waals surface area contributed by atoms with Crippen LogP contribution in [0.15, 0.2) is 47.3 Å². The van der Waals surface area contributed by atoms with Crippen molar-refractivity contribution in [3.05, 3.63) is 69.8 Å². The van der Waals surface area contributed by atoms with Gasteiger partial charge in [0.15, 0.2) is 0 Å². The Morgan fingerprint density at radius 1 is 1.19 bits per heavy atom. The van der Waals surface area contributed by atoms with Crippen LogP contribution in [0.1, 0.15) is 29.3 Å². The topological polar surface area (TPSA) is 84.2 Å². The highest BCUT2D eigenvalue weighted by molar-refractivity contribution is 6.03. The summed E-state index contributed by atoms with van der Waals surface area (Å²) in [6, 6.07) is 13.1. The first-order chi connectivity index (χ1) is 13.1. The number of aliphatic hydroxyl groups is 1. The minimum Gasteiger partial charge on any atom is -0.396 e. The zero-order valence-corrected chi connectivity index (χ0v) is 15.1. The molecule has 0 saturated carbocycles. The molecule has 0 unspecified atom stereocenters. The molecule has 2 heterocycles. The number of rotatable bonds is 5. The predicted octanol–water partition coefficient (Wildman–Crippen LogP) is 2.37. The maximum atomic E-state index is 13.0. The Kier molecular flexibility index (Phi) is 4.49. The largest absolute Gasteiger partial charge is 0.396 e. The van der Waals surface area contributed by atoms with Gasteiger partial charge in [0.25, 0.3) is 5.56 Å². The van der Waals surface area contributed by atoms with Gasteiger partial charge in [0, 0.05) is 25.3 Å². The second-order valence-electron chi connectivity index (χ2n) is 6.92. The molecule has 2 N–H and O–H groups in total. The summed E-state index contributed by atoms with van der Waals surface area (Å²) in [7, 11) is 0. The van der Waals surface area contributed by atoms with Crippen molar-refractivity contribution >= 4 is 22.5 Å². The predicted molar refractivity (Wildman–Crippen MR) is 104 cm³/mol. The van der Waals surface area contributed by atoms with Crippen LogP contribution in [0, 0.1) is 6.92 Å². The van der Waals surface area contributed by atoms with Gasteiger partial charge >= 0.3 is 0 Å². The molecule has 4 rings (SSSR count). The van der Waals surface area contributed by atoms with Crippen molar-refractivity contribution in [2.24, 2.45) is 0 Å². The number of aryl methyl sites for hydroxylation is 1. The number of carbonyl (C=O) groups excluding carboxylic acids is 1. The summed E-state index contributed by atoms with van der Waals surface area (Å²) in [5.74, 6) is 0.113. The van der Waals surface area contributed by atoms with E-state index < -0.39 is 0 Å². The fraction of sp³-hybridized carbons (Fsp3) is 0.286. The van der Waals surface area contributed by atoms with Crippen molar-refractivity contribution in [2.45, 2.75) is 32.2 Å². The molecule has 1 aliphatic heterocycles. The fourth-order valence-corrected chi connectivity index (χ4v) is 3.66. The van der Waals surface area contributed by atoms with Crippen LogP contribution in [-0.4, -0.2) is 27.2 Å². The number of hydrogen-bond donors (Lipinski definition) is 2. The van der Waals surface area contributed by atoms with Crippen LogP contribution in [0.2, 0.25) is 0 Å². The smallest absolute Gasteiger partial charge is 0.261 e. The van der Waals surface area contributed by atoms with Gasteiger partial charge in [0.05, 0.1) is 16.8 Å². The van der Waals surface area contributed by atoms with Crippen molar-refractivity contribution < 1.29 is 9.90 Å². The van der Waals surface area contributed by atoms with E-state index in [-0.39, 0.29) is 24.0 Å². The highest BCUT2D eigenvalue weighted by Crippen LogP contribution is 2.35. The monoisotopic (exact) mass is 363 g/mol. The number of aromatic nitrogens is 2. The third-order valence-corrected chi connectivity index (χ3v) is 5.02. The summed E-state index contributed by atoms with van der Waals surface area (Å²) in [6.07, 6.45) is 0.799. The van der Waals surface area contributed by atoms with Gasteiger partial charge in [-0.05, 0) is 37.1 Å². The zero-order chi connectivity index (χ0) is 19.0. The Morgan fingerprint density at radius 3 is 2.81 bits per heavy atom. The van der Waals surface area contributed by atoms with Crippen LogP contribution < -0.4 is 10.9 Å². The molecule has 0 saturated heterocycles. The lowest BCUT2D eigenvalue weighted by atomic mass is 9.95. The molecular formula is C21H21N3O3. The number of carbonyl (C=O) groups is 1. The van der Waals surface area contributed by atoms with Crippen LogP contribution in [-0.2, 0) is 17.8 Å². The zero-order valence-electron chi connectivity index (χ0n) is 15.1. The highest BCUT2D eigenvalue weighted by Gasteiger charge is 2.32. The van der Waals surface area contributed by atoms with E-state index in [0.29, 0.717) is 36.1 Å². The number of aliphatic hydroxyl groups excluding tert-OH is 1. The average molecular weight is 363 g/mol. The molecule has 0 radical (unpaired) electrons. The summed E-state index contributed by atoms with van der Waals surface area (Å²) < 4.78 is 1.60. The first-order valence-corrected chi connectivity index (χ1v) is 9.09. The Bertz CT molecular complexity index is 1090. The Morgan fingerprint density at radius 2 is 2.00 bits per heavy atom. The molecular weight excluding hydrogens is 342 g/mol. The van der Waals surface area contributed by atoms with Gasteiger partial charge in [-0.25, -0.2) is 4.98 Å². The number of fused-ring (bicyclic) bond motifs is 2. The van der Waals surface area contributed by atoms with E-state index in [1.807, 2.05) is 43.3 Å². The van der Waals surface area contributed by atoms with Crippen molar-refractivity contribution in [1.82, 2.24) is 9.55 Å². The number of para-hydroxylation sites is 1. The van der Waals surface area contributed by atoms with Gasteiger partial charge in [-0.3, -0.25) is 14.2 Å². The Hall–Kier alpha value is -2.99. The quantitative estimate of drug-likeness (QED) is 0.729. The molecule has 1 atom stereocenters. The maximum Gasteiger partial charge on any atom is 0.261 e. The van der Waals surface area contributed by atoms with Gasteiger partial charge in [-0.2, -0.15) is 0 Å². The fourth-order valence-electron chi connectivity index (χ4n) is 3.66. The Balaban J connectivity index is 1.81. The third-order valence-electron chi connectivity index (χ3n) is 5.02. The molecule has 138 valence electrons. The summed E-state index contributed by atoms with van der Waals surface area (Å²) in [5.41, 5.74) is 3.34. The molecule has 6 nitrogen and oxygen atoms in total. The maximum absolute atomic E-state index is 13.0. The van der Waals surface area contributed by atoms with Gasteiger partial charge in [0.1, 0.15) is 5.82 Å². The van der Waals surface area contributed by atoms with Crippen LogP contribution in [0.3, 0.4) is 0 Å². The van der Waals surface area contributed by atoms with Crippen molar-refractivity contribution in [1.29, 1.82) is 0 Å². The van der Waals surface area contributed by atoms with Gasteiger partial charge in [-0.1, -0.05) is 29.8 Å². The second-order valence-corrected chi connectivity index (χ2v) is 6.92. The SMILES string of the molecule is Cc1ccc2c(c1)[C@H](Cc1nc3ccccc3c(=O)n1CCCO)C(=O)N2. The molecule has 0 bridgehead atoms. The minimum atomic E-state index is -0.381. The standard InChI is InChI=1S/C21H21N3O3/c1-13-7-8-18-15(11-13)16(20(26)23-18)12-19-22-17-6-3-2-5-14(17)21(27)24(19)9-4-10-25/h2-3,5-8,11,16,25H,4,9-10,12H2,1H3,(H,23,26)/t16-/m0/s1. The van der Waals surface area contributed by atoms with E-state index in [1.165, 1.54) is 0 Å². The van der Waals surface area contributed by atoms with E-state index in [0.717, 1.165) is 16.8 Å². The Labute approximate surface area is 156 Å². The first kappa shape index (κ1) is 17.4. The molecule has 0 aliphatic carbocycles. The van der Waals surface area contributed by atoms with Gasteiger partial charge in [-0.15, -0.1) is 0 Å². The molecule has 1 amide bonds. The van der Waals surface area contributed by atoms with Crippen molar-refractivity contribution in [2.75, 3.05) is 11.9 Å². The first-order valence-electron chi connectivity index (χ1n) is 9.09. The van der Waals surface area contributed by atoms with E-state index in [4.69, 9.17) is 0 Å². The minimum absolute atomic E-state index is 0.00928. The molecule has 1 aliphatic rings. The lowest BCUT2D eigenvalue weighted by molar-refractivity contribution is -0.117. The molecule has 27 heavy (non-hydrogen) atoms. The van der Waals surface area contributed by atoms with E-state index >= 15 is 0 Å². The molecule has 6 heteroatoms. The number of benzene rings is 2. The molecule has 0 fully saturated rings. The molecule has 2 aromatic carbocycles. The van der Waals surface area contributed by atoms with Crippen LogP contribution in [0.4, 0.5) is 5.69 Å². The number of nitrogens with one attached hydrogen (secondary N) is 1.